The molecule has 0 aliphatic rings. The molecule has 8 nitrogen and oxygen atoms in total. The van der Waals surface area contributed by atoms with E-state index in [0.29, 0.717) is 24.8 Å². The fourth-order valence-electron chi connectivity index (χ4n) is 2.06. The van der Waals surface area contributed by atoms with Gasteiger partial charge in [0, 0.05) is 39.4 Å². The van der Waals surface area contributed by atoms with Crippen LogP contribution < -0.4 is 11.1 Å². The highest BCUT2D eigenvalue weighted by Gasteiger charge is 2.10. The first-order valence-corrected chi connectivity index (χ1v) is 6.77. The summed E-state index contributed by atoms with van der Waals surface area (Å²) in [6, 6.07) is 3.27. The van der Waals surface area contributed by atoms with Gasteiger partial charge in [-0.15, -0.1) is 0 Å². The number of amides is 1. The lowest BCUT2D eigenvalue weighted by molar-refractivity contribution is 0.0972. The average molecular weight is 304 g/mol. The van der Waals surface area contributed by atoms with Gasteiger partial charge in [0.05, 0.1) is 12.7 Å². The normalized spacial score (nSPS) is 11.5. The summed E-state index contributed by atoms with van der Waals surface area (Å²) in [6.45, 7) is 1.09. The van der Waals surface area contributed by atoms with Crippen molar-refractivity contribution in [3.63, 3.8) is 0 Å². The SMILES string of the molecule is CN=C(NCc1ccc(C(N)=O)o1)N(C)Cc1cnn(C)c1. The first-order valence-electron chi connectivity index (χ1n) is 6.77. The molecular weight excluding hydrogens is 284 g/mol. The van der Waals surface area contributed by atoms with Gasteiger partial charge in [-0.05, 0) is 12.1 Å². The number of carbonyl (C=O) groups excluding carboxylic acids is 1. The lowest BCUT2D eigenvalue weighted by Gasteiger charge is -2.21. The molecule has 0 aliphatic heterocycles. The van der Waals surface area contributed by atoms with E-state index in [1.165, 1.54) is 0 Å². The lowest BCUT2D eigenvalue weighted by Crippen LogP contribution is -2.37. The van der Waals surface area contributed by atoms with Gasteiger partial charge >= 0.3 is 0 Å². The molecule has 8 heteroatoms. The van der Waals surface area contributed by atoms with Crippen molar-refractivity contribution in [2.24, 2.45) is 17.8 Å². The Balaban J connectivity index is 1.92. The molecule has 118 valence electrons. The first-order chi connectivity index (χ1) is 10.5. The average Bonchev–Trinajstić information content (AvgIpc) is 3.09. The van der Waals surface area contributed by atoms with Gasteiger partial charge < -0.3 is 20.4 Å². The molecule has 0 saturated heterocycles. The van der Waals surface area contributed by atoms with Gasteiger partial charge in [0.1, 0.15) is 5.76 Å². The summed E-state index contributed by atoms with van der Waals surface area (Å²) in [5.74, 6) is 0.894. The van der Waals surface area contributed by atoms with E-state index in [1.807, 2.05) is 31.4 Å². The third-order valence-electron chi connectivity index (χ3n) is 3.08. The fraction of sp³-hybridized carbons (Fsp3) is 0.357. The second-order valence-corrected chi connectivity index (χ2v) is 4.91. The lowest BCUT2D eigenvalue weighted by atomic mass is 10.3. The number of primary amides is 1. The number of aromatic nitrogens is 2. The predicted octanol–water partition coefficient (Wildman–Crippen LogP) is 0.319. The Kier molecular flexibility index (Phi) is 4.82. The standard InChI is InChI=1S/C14H20N6O2/c1-16-14(19(2)8-10-6-18-20(3)9-10)17-7-11-4-5-12(22-11)13(15)21/h4-6,9H,7-8H2,1-3H3,(H2,15,21)(H,16,17). The van der Waals surface area contributed by atoms with Crippen LogP contribution in [0.4, 0.5) is 0 Å². The molecule has 0 radical (unpaired) electrons. The van der Waals surface area contributed by atoms with Crippen LogP contribution in [-0.4, -0.2) is 40.6 Å². The minimum Gasteiger partial charge on any atom is -0.454 e. The summed E-state index contributed by atoms with van der Waals surface area (Å²) < 4.78 is 7.07. The molecule has 2 aromatic heterocycles. The Labute approximate surface area is 128 Å². The maximum absolute atomic E-state index is 11.0. The smallest absolute Gasteiger partial charge is 0.284 e. The second kappa shape index (κ2) is 6.79. The highest BCUT2D eigenvalue weighted by molar-refractivity contribution is 5.89. The molecule has 3 N–H and O–H groups in total. The van der Waals surface area contributed by atoms with Crippen molar-refractivity contribution in [2.75, 3.05) is 14.1 Å². The topological polar surface area (TPSA) is 102 Å². The van der Waals surface area contributed by atoms with E-state index in [2.05, 4.69) is 15.4 Å². The summed E-state index contributed by atoms with van der Waals surface area (Å²) in [5.41, 5.74) is 6.24. The number of aryl methyl sites for hydroxylation is 1. The molecule has 0 saturated carbocycles. The van der Waals surface area contributed by atoms with E-state index in [9.17, 15) is 4.79 Å². The van der Waals surface area contributed by atoms with Gasteiger partial charge in [-0.3, -0.25) is 14.5 Å². The van der Waals surface area contributed by atoms with Gasteiger partial charge in [0.15, 0.2) is 11.7 Å². The molecule has 0 atom stereocenters. The molecule has 2 heterocycles. The molecule has 0 aromatic carbocycles. The molecule has 0 aliphatic carbocycles. The molecular formula is C14H20N6O2. The molecule has 0 unspecified atom stereocenters. The van der Waals surface area contributed by atoms with Crippen LogP contribution in [0.3, 0.4) is 0 Å². The number of nitrogens with one attached hydrogen (secondary N) is 1. The van der Waals surface area contributed by atoms with Crippen molar-refractivity contribution >= 4 is 11.9 Å². The number of furan rings is 1. The monoisotopic (exact) mass is 304 g/mol. The Morgan fingerprint density at radius 1 is 1.55 bits per heavy atom. The van der Waals surface area contributed by atoms with Crippen LogP contribution in [0.25, 0.3) is 0 Å². The predicted molar refractivity (Wildman–Crippen MR) is 82.1 cm³/mol. The minimum atomic E-state index is -0.579. The van der Waals surface area contributed by atoms with Gasteiger partial charge in [-0.25, -0.2) is 0 Å². The van der Waals surface area contributed by atoms with Crippen LogP contribution >= 0.6 is 0 Å². The first kappa shape index (κ1) is 15.6. The van der Waals surface area contributed by atoms with E-state index in [-0.39, 0.29) is 5.76 Å². The summed E-state index contributed by atoms with van der Waals surface area (Å²) >= 11 is 0. The molecule has 1 amide bonds. The van der Waals surface area contributed by atoms with E-state index >= 15 is 0 Å². The third kappa shape index (κ3) is 3.87. The second-order valence-electron chi connectivity index (χ2n) is 4.91. The van der Waals surface area contributed by atoms with Gasteiger partial charge in [-0.1, -0.05) is 0 Å². The number of aliphatic imine (C=N–C) groups is 1. The summed E-state index contributed by atoms with van der Waals surface area (Å²) in [4.78, 5) is 17.2. The zero-order chi connectivity index (χ0) is 16.1. The minimum absolute atomic E-state index is 0.149. The molecule has 22 heavy (non-hydrogen) atoms. The van der Waals surface area contributed by atoms with Crippen LogP contribution in [0.15, 0.2) is 33.9 Å². The van der Waals surface area contributed by atoms with E-state index in [1.54, 1.807) is 23.9 Å². The summed E-state index contributed by atoms with van der Waals surface area (Å²) in [5, 5.41) is 7.31. The van der Waals surface area contributed by atoms with Crippen molar-refractivity contribution in [1.29, 1.82) is 0 Å². The highest BCUT2D eigenvalue weighted by atomic mass is 16.3. The maximum atomic E-state index is 11.0. The maximum Gasteiger partial charge on any atom is 0.284 e. The van der Waals surface area contributed by atoms with Gasteiger partial charge in [-0.2, -0.15) is 5.10 Å². The van der Waals surface area contributed by atoms with Crippen molar-refractivity contribution < 1.29 is 9.21 Å². The Morgan fingerprint density at radius 3 is 2.86 bits per heavy atom. The molecule has 0 fully saturated rings. The van der Waals surface area contributed by atoms with E-state index < -0.39 is 5.91 Å². The van der Waals surface area contributed by atoms with Crippen LogP contribution in [0.2, 0.25) is 0 Å². The largest absolute Gasteiger partial charge is 0.454 e. The quantitative estimate of drug-likeness (QED) is 0.612. The Hall–Kier alpha value is -2.77. The number of rotatable bonds is 5. The molecule has 2 rings (SSSR count). The number of nitrogens with two attached hydrogens (primary N) is 1. The van der Waals surface area contributed by atoms with Crippen LogP contribution in [0, 0.1) is 0 Å². The van der Waals surface area contributed by atoms with Crippen LogP contribution in [0.1, 0.15) is 21.9 Å². The van der Waals surface area contributed by atoms with E-state index in [0.717, 1.165) is 5.56 Å². The van der Waals surface area contributed by atoms with Crippen molar-refractivity contribution in [2.45, 2.75) is 13.1 Å². The van der Waals surface area contributed by atoms with Crippen molar-refractivity contribution in [3.05, 3.63) is 41.6 Å². The number of guanidine groups is 1. The highest BCUT2D eigenvalue weighted by Crippen LogP contribution is 2.07. The zero-order valence-corrected chi connectivity index (χ0v) is 12.9. The summed E-state index contributed by atoms with van der Waals surface area (Å²) in [6.07, 6.45) is 3.77. The van der Waals surface area contributed by atoms with Crippen LogP contribution in [-0.2, 0) is 20.1 Å². The third-order valence-corrected chi connectivity index (χ3v) is 3.08. The molecule has 0 spiro atoms. The molecule has 0 bridgehead atoms. The van der Waals surface area contributed by atoms with Crippen molar-refractivity contribution in [3.8, 4) is 0 Å². The Morgan fingerprint density at radius 2 is 2.32 bits per heavy atom. The Bertz CT molecular complexity index is 672. The number of hydrogen-bond acceptors (Lipinski definition) is 4. The van der Waals surface area contributed by atoms with Crippen LogP contribution in [0.5, 0.6) is 0 Å². The number of hydrogen-bond donors (Lipinski definition) is 2. The van der Waals surface area contributed by atoms with Gasteiger partial charge in [0.25, 0.3) is 5.91 Å². The number of carbonyl (C=O) groups is 1. The summed E-state index contributed by atoms with van der Waals surface area (Å²) in [7, 11) is 5.52. The molecule has 2 aromatic rings. The fourth-order valence-corrected chi connectivity index (χ4v) is 2.06. The van der Waals surface area contributed by atoms with Gasteiger partial charge in [0.2, 0.25) is 0 Å². The number of nitrogens with zero attached hydrogens (tertiary/aromatic N) is 4. The zero-order valence-electron chi connectivity index (χ0n) is 12.9. The van der Waals surface area contributed by atoms with Crippen molar-refractivity contribution in [1.82, 2.24) is 20.0 Å². The van der Waals surface area contributed by atoms with E-state index in [4.69, 9.17) is 10.2 Å².